The molecule has 1 aromatic carbocycles. The number of likely N-dealkylation sites (N-methyl/N-ethyl adjacent to an activating group) is 1. The van der Waals surface area contributed by atoms with Crippen molar-refractivity contribution in [1.29, 1.82) is 0 Å². The SMILES string of the molecule is CN(CC(O)C1CC1)C(=O)c1ccn(-c2ccccc2Cl)n1. The average Bonchev–Trinajstić information content (AvgIpc) is 3.25. The summed E-state index contributed by atoms with van der Waals surface area (Å²) in [6, 6.07) is 8.98. The fourth-order valence-corrected chi connectivity index (χ4v) is 2.62. The van der Waals surface area contributed by atoms with Crippen LogP contribution in [0, 0.1) is 5.92 Å². The van der Waals surface area contributed by atoms with Crippen LogP contribution in [0.2, 0.25) is 5.02 Å². The van der Waals surface area contributed by atoms with E-state index in [1.807, 2.05) is 18.2 Å². The Morgan fingerprint density at radius 2 is 2.18 bits per heavy atom. The predicted molar refractivity (Wildman–Crippen MR) is 84.3 cm³/mol. The highest BCUT2D eigenvalue weighted by Crippen LogP contribution is 2.32. The van der Waals surface area contributed by atoms with Gasteiger partial charge in [-0.1, -0.05) is 23.7 Å². The Morgan fingerprint density at radius 1 is 1.45 bits per heavy atom. The molecule has 1 aliphatic carbocycles. The van der Waals surface area contributed by atoms with Crippen LogP contribution in [0.1, 0.15) is 23.3 Å². The van der Waals surface area contributed by atoms with Gasteiger partial charge in [-0.2, -0.15) is 5.10 Å². The van der Waals surface area contributed by atoms with Crippen LogP contribution in [0.25, 0.3) is 5.69 Å². The van der Waals surface area contributed by atoms with Crippen molar-refractivity contribution < 1.29 is 9.90 Å². The van der Waals surface area contributed by atoms with E-state index >= 15 is 0 Å². The number of hydrogen-bond donors (Lipinski definition) is 1. The number of para-hydroxylation sites is 1. The zero-order chi connectivity index (χ0) is 15.7. The van der Waals surface area contributed by atoms with Crippen LogP contribution in [0.3, 0.4) is 0 Å². The molecular formula is C16H18ClN3O2. The molecule has 1 N–H and O–H groups in total. The predicted octanol–water partition coefficient (Wildman–Crippen LogP) is 2.37. The highest BCUT2D eigenvalue weighted by Gasteiger charge is 2.31. The molecule has 0 spiro atoms. The minimum Gasteiger partial charge on any atom is -0.391 e. The molecule has 1 unspecified atom stereocenters. The first-order chi connectivity index (χ1) is 10.6. The molecule has 22 heavy (non-hydrogen) atoms. The fraction of sp³-hybridized carbons (Fsp3) is 0.375. The van der Waals surface area contributed by atoms with Crippen molar-refractivity contribution in [3.8, 4) is 5.69 Å². The van der Waals surface area contributed by atoms with Crippen LogP contribution in [0.5, 0.6) is 0 Å². The van der Waals surface area contributed by atoms with Crippen molar-refractivity contribution >= 4 is 17.5 Å². The average molecular weight is 320 g/mol. The Morgan fingerprint density at radius 3 is 2.86 bits per heavy atom. The van der Waals surface area contributed by atoms with Crippen molar-refractivity contribution in [2.45, 2.75) is 18.9 Å². The van der Waals surface area contributed by atoms with Gasteiger partial charge in [0.05, 0.1) is 16.8 Å². The zero-order valence-corrected chi connectivity index (χ0v) is 13.1. The van der Waals surface area contributed by atoms with Crippen LogP contribution in [0.15, 0.2) is 36.5 Å². The van der Waals surface area contributed by atoms with Gasteiger partial charge in [-0.3, -0.25) is 4.79 Å². The molecule has 1 aromatic heterocycles. The van der Waals surface area contributed by atoms with Crippen molar-refractivity contribution in [2.75, 3.05) is 13.6 Å². The van der Waals surface area contributed by atoms with Crippen LogP contribution >= 0.6 is 11.6 Å². The number of aromatic nitrogens is 2. The third kappa shape index (κ3) is 3.15. The van der Waals surface area contributed by atoms with E-state index in [-0.39, 0.29) is 5.91 Å². The summed E-state index contributed by atoms with van der Waals surface area (Å²) < 4.78 is 1.58. The summed E-state index contributed by atoms with van der Waals surface area (Å²) >= 11 is 6.13. The standard InChI is InChI=1S/C16H18ClN3O2/c1-19(10-15(21)11-6-7-11)16(22)13-8-9-20(18-13)14-5-3-2-4-12(14)17/h2-5,8-9,11,15,21H,6-7,10H2,1H3. The van der Waals surface area contributed by atoms with E-state index in [0.717, 1.165) is 18.5 Å². The molecule has 1 amide bonds. The van der Waals surface area contributed by atoms with Crippen molar-refractivity contribution in [3.05, 3.63) is 47.2 Å². The maximum atomic E-state index is 12.4. The molecule has 5 nitrogen and oxygen atoms in total. The molecule has 0 radical (unpaired) electrons. The lowest BCUT2D eigenvalue weighted by molar-refractivity contribution is 0.0640. The van der Waals surface area contributed by atoms with Gasteiger partial charge in [0.1, 0.15) is 0 Å². The number of benzene rings is 1. The van der Waals surface area contributed by atoms with Crippen molar-refractivity contribution in [3.63, 3.8) is 0 Å². The largest absolute Gasteiger partial charge is 0.391 e. The Hall–Kier alpha value is -1.85. The Bertz CT molecular complexity index is 682. The second-order valence-electron chi connectivity index (χ2n) is 5.69. The van der Waals surface area contributed by atoms with Gasteiger partial charge in [0.15, 0.2) is 5.69 Å². The lowest BCUT2D eigenvalue weighted by Crippen LogP contribution is -2.35. The number of amides is 1. The number of nitrogens with zero attached hydrogens (tertiary/aromatic N) is 3. The molecule has 2 aromatic rings. The van der Waals surface area contributed by atoms with Gasteiger partial charge < -0.3 is 10.0 Å². The van der Waals surface area contributed by atoms with Crippen LogP contribution in [-0.2, 0) is 0 Å². The molecule has 1 fully saturated rings. The Labute approximate surface area is 134 Å². The highest BCUT2D eigenvalue weighted by molar-refractivity contribution is 6.32. The summed E-state index contributed by atoms with van der Waals surface area (Å²) in [5, 5.41) is 14.8. The molecule has 6 heteroatoms. The quantitative estimate of drug-likeness (QED) is 0.920. The number of hydrogen-bond acceptors (Lipinski definition) is 3. The number of carbonyl (C=O) groups is 1. The minimum absolute atomic E-state index is 0.203. The van der Waals surface area contributed by atoms with Gasteiger partial charge in [-0.15, -0.1) is 0 Å². The molecule has 1 aliphatic rings. The molecule has 0 aliphatic heterocycles. The van der Waals surface area contributed by atoms with E-state index in [4.69, 9.17) is 11.6 Å². The van der Waals surface area contributed by atoms with Crippen LogP contribution < -0.4 is 0 Å². The van der Waals surface area contributed by atoms with E-state index in [1.165, 1.54) is 4.90 Å². The summed E-state index contributed by atoms with van der Waals surface area (Å²) in [6.45, 7) is 0.336. The summed E-state index contributed by atoms with van der Waals surface area (Å²) in [4.78, 5) is 13.9. The molecule has 0 saturated heterocycles. The molecular weight excluding hydrogens is 302 g/mol. The molecule has 0 bridgehead atoms. The van der Waals surface area contributed by atoms with E-state index in [0.29, 0.717) is 23.2 Å². The summed E-state index contributed by atoms with van der Waals surface area (Å²) in [7, 11) is 1.68. The molecule has 1 saturated carbocycles. The third-order valence-electron chi connectivity index (χ3n) is 3.88. The minimum atomic E-state index is -0.445. The molecule has 1 heterocycles. The topological polar surface area (TPSA) is 58.4 Å². The number of carbonyl (C=O) groups excluding carboxylic acids is 1. The van der Waals surface area contributed by atoms with Gasteiger partial charge in [0, 0.05) is 19.8 Å². The highest BCUT2D eigenvalue weighted by atomic mass is 35.5. The van der Waals surface area contributed by atoms with Gasteiger partial charge >= 0.3 is 0 Å². The second-order valence-corrected chi connectivity index (χ2v) is 6.09. The van der Waals surface area contributed by atoms with Crippen molar-refractivity contribution in [2.24, 2.45) is 5.92 Å². The molecule has 3 rings (SSSR count). The Balaban J connectivity index is 1.72. The number of aliphatic hydroxyl groups is 1. The van der Waals surface area contributed by atoms with E-state index in [9.17, 15) is 9.90 Å². The molecule has 116 valence electrons. The number of aliphatic hydroxyl groups excluding tert-OH is 1. The maximum absolute atomic E-state index is 12.4. The molecule has 1 atom stereocenters. The maximum Gasteiger partial charge on any atom is 0.274 e. The van der Waals surface area contributed by atoms with Gasteiger partial charge in [0.25, 0.3) is 5.91 Å². The first kappa shape index (κ1) is 15.1. The van der Waals surface area contributed by atoms with Gasteiger partial charge in [-0.05, 0) is 37.0 Å². The van der Waals surface area contributed by atoms with E-state index in [1.54, 1.807) is 30.1 Å². The Kier molecular flexibility index (Phi) is 4.18. The summed E-state index contributed by atoms with van der Waals surface area (Å²) in [6.07, 6.45) is 3.36. The number of halogens is 1. The second kappa shape index (κ2) is 6.10. The van der Waals surface area contributed by atoms with Gasteiger partial charge in [0.2, 0.25) is 0 Å². The number of rotatable bonds is 5. The zero-order valence-electron chi connectivity index (χ0n) is 12.3. The third-order valence-corrected chi connectivity index (χ3v) is 4.20. The van der Waals surface area contributed by atoms with E-state index < -0.39 is 6.10 Å². The first-order valence-electron chi connectivity index (χ1n) is 7.30. The lowest BCUT2D eigenvalue weighted by atomic mass is 10.2. The van der Waals surface area contributed by atoms with Gasteiger partial charge in [-0.25, -0.2) is 4.68 Å². The summed E-state index contributed by atoms with van der Waals surface area (Å²) in [5.74, 6) is 0.140. The first-order valence-corrected chi connectivity index (χ1v) is 7.68. The summed E-state index contributed by atoms with van der Waals surface area (Å²) in [5.41, 5.74) is 1.06. The van der Waals surface area contributed by atoms with Crippen LogP contribution in [0.4, 0.5) is 0 Å². The lowest BCUT2D eigenvalue weighted by Gasteiger charge is -2.19. The smallest absolute Gasteiger partial charge is 0.274 e. The van der Waals surface area contributed by atoms with Crippen molar-refractivity contribution in [1.82, 2.24) is 14.7 Å². The van der Waals surface area contributed by atoms with Crippen LogP contribution in [-0.4, -0.2) is 45.4 Å². The monoisotopic (exact) mass is 319 g/mol. The van der Waals surface area contributed by atoms with E-state index in [2.05, 4.69) is 5.10 Å². The normalized spacial score (nSPS) is 15.6. The fourth-order valence-electron chi connectivity index (χ4n) is 2.40.